The van der Waals surface area contributed by atoms with E-state index in [2.05, 4.69) is 26.2 Å². The molecule has 0 saturated heterocycles. The Balaban J connectivity index is 2.27. The van der Waals surface area contributed by atoms with Gasteiger partial charge in [-0.2, -0.15) is 0 Å². The maximum atomic E-state index is 12.1. The molecule has 0 bridgehead atoms. The van der Waals surface area contributed by atoms with Crippen molar-refractivity contribution >= 4 is 33.2 Å². The van der Waals surface area contributed by atoms with Gasteiger partial charge in [-0.1, -0.05) is 6.07 Å². The Morgan fingerprint density at radius 1 is 1.39 bits per heavy atom. The van der Waals surface area contributed by atoms with Gasteiger partial charge in [0.2, 0.25) is 0 Å². The van der Waals surface area contributed by atoms with Crippen LogP contribution in [0.15, 0.2) is 41.1 Å². The molecule has 1 aromatic carbocycles. The van der Waals surface area contributed by atoms with Gasteiger partial charge >= 0.3 is 0 Å². The van der Waals surface area contributed by atoms with E-state index in [1.54, 1.807) is 6.07 Å². The summed E-state index contributed by atoms with van der Waals surface area (Å²) in [6, 6.07) is 7.33. The van der Waals surface area contributed by atoms with Crippen molar-refractivity contribution in [2.75, 3.05) is 11.1 Å². The van der Waals surface area contributed by atoms with Crippen molar-refractivity contribution in [3.8, 4) is 0 Å². The van der Waals surface area contributed by atoms with Crippen LogP contribution in [0.3, 0.4) is 0 Å². The highest BCUT2D eigenvalue weighted by molar-refractivity contribution is 9.10. The highest BCUT2D eigenvalue weighted by atomic mass is 79.9. The summed E-state index contributed by atoms with van der Waals surface area (Å²) >= 11 is 3.39. The fourth-order valence-corrected chi connectivity index (χ4v) is 1.88. The van der Waals surface area contributed by atoms with Gasteiger partial charge in [0.05, 0.1) is 23.1 Å². The number of halogens is 1. The summed E-state index contributed by atoms with van der Waals surface area (Å²) < 4.78 is 0.828. The lowest BCUT2D eigenvalue weighted by molar-refractivity contribution is 0.102. The van der Waals surface area contributed by atoms with Crippen LogP contribution in [-0.2, 0) is 0 Å². The maximum Gasteiger partial charge on any atom is 0.257 e. The molecular weight excluding hydrogens is 294 g/mol. The van der Waals surface area contributed by atoms with Crippen LogP contribution >= 0.6 is 15.9 Å². The van der Waals surface area contributed by atoms with E-state index < -0.39 is 0 Å². The number of rotatable bonds is 2. The van der Waals surface area contributed by atoms with Crippen molar-refractivity contribution in [3.63, 3.8) is 0 Å². The molecule has 0 unspecified atom stereocenters. The predicted molar refractivity (Wildman–Crippen MR) is 75.5 cm³/mol. The SMILES string of the molecule is Cc1ccc(Br)c(NC(=O)c2ccncc2N)c1. The van der Waals surface area contributed by atoms with Gasteiger partial charge in [0.1, 0.15) is 0 Å². The lowest BCUT2D eigenvalue weighted by atomic mass is 10.2. The smallest absolute Gasteiger partial charge is 0.257 e. The summed E-state index contributed by atoms with van der Waals surface area (Å²) in [4.78, 5) is 15.9. The fourth-order valence-electron chi connectivity index (χ4n) is 1.54. The average Bonchev–Trinajstić information content (AvgIpc) is 2.34. The predicted octanol–water partition coefficient (Wildman–Crippen LogP) is 2.99. The van der Waals surface area contributed by atoms with E-state index in [-0.39, 0.29) is 5.91 Å². The molecule has 1 heterocycles. The molecule has 0 aliphatic heterocycles. The van der Waals surface area contributed by atoms with Crippen LogP contribution in [0.4, 0.5) is 11.4 Å². The maximum absolute atomic E-state index is 12.1. The number of carbonyl (C=O) groups excluding carboxylic acids is 1. The van der Waals surface area contributed by atoms with Gasteiger partial charge in [0, 0.05) is 10.7 Å². The molecule has 3 N–H and O–H groups in total. The molecular formula is C13H12BrN3O. The topological polar surface area (TPSA) is 68.0 Å². The number of pyridine rings is 1. The first-order chi connectivity index (χ1) is 8.58. The van der Waals surface area contributed by atoms with Crippen LogP contribution in [-0.4, -0.2) is 10.9 Å². The van der Waals surface area contributed by atoms with E-state index in [1.165, 1.54) is 12.4 Å². The minimum Gasteiger partial charge on any atom is -0.397 e. The number of carbonyl (C=O) groups is 1. The van der Waals surface area contributed by atoms with Crippen LogP contribution in [0.1, 0.15) is 15.9 Å². The largest absolute Gasteiger partial charge is 0.397 e. The zero-order valence-electron chi connectivity index (χ0n) is 9.77. The number of amides is 1. The first kappa shape index (κ1) is 12.6. The molecule has 18 heavy (non-hydrogen) atoms. The lowest BCUT2D eigenvalue weighted by Crippen LogP contribution is -2.14. The number of aromatic nitrogens is 1. The molecule has 0 spiro atoms. The first-order valence-corrected chi connectivity index (χ1v) is 6.14. The number of benzene rings is 1. The molecule has 0 atom stereocenters. The van der Waals surface area contributed by atoms with Gasteiger partial charge in [0.15, 0.2) is 0 Å². The van der Waals surface area contributed by atoms with Crippen molar-refractivity contribution in [1.82, 2.24) is 4.98 Å². The summed E-state index contributed by atoms with van der Waals surface area (Å²) in [5.74, 6) is -0.249. The molecule has 1 aromatic heterocycles. The zero-order chi connectivity index (χ0) is 13.1. The van der Waals surface area contributed by atoms with Crippen LogP contribution in [0.2, 0.25) is 0 Å². The van der Waals surface area contributed by atoms with Gasteiger partial charge in [-0.15, -0.1) is 0 Å². The molecule has 0 radical (unpaired) electrons. The highest BCUT2D eigenvalue weighted by Crippen LogP contribution is 2.24. The van der Waals surface area contributed by atoms with Gasteiger partial charge in [-0.25, -0.2) is 0 Å². The standard InChI is InChI=1S/C13H12BrN3O/c1-8-2-3-10(14)12(6-8)17-13(18)9-4-5-16-7-11(9)15/h2-7H,15H2,1H3,(H,17,18). The normalized spacial score (nSPS) is 10.1. The molecule has 0 aliphatic rings. The number of hydrogen-bond donors (Lipinski definition) is 2. The quantitative estimate of drug-likeness (QED) is 0.896. The molecule has 1 amide bonds. The number of nitrogens with zero attached hydrogens (tertiary/aromatic N) is 1. The van der Waals surface area contributed by atoms with Gasteiger partial charge in [-0.05, 0) is 46.6 Å². The lowest BCUT2D eigenvalue weighted by Gasteiger charge is -2.09. The van der Waals surface area contributed by atoms with Gasteiger partial charge in [0.25, 0.3) is 5.91 Å². The second-order valence-corrected chi connectivity index (χ2v) is 4.75. The number of hydrogen-bond acceptors (Lipinski definition) is 3. The number of aryl methyl sites for hydroxylation is 1. The molecule has 2 aromatic rings. The molecule has 0 saturated carbocycles. The Kier molecular flexibility index (Phi) is 3.62. The van der Waals surface area contributed by atoms with Gasteiger partial charge < -0.3 is 11.1 Å². The summed E-state index contributed by atoms with van der Waals surface area (Å²) in [6.07, 6.45) is 3.00. The highest BCUT2D eigenvalue weighted by Gasteiger charge is 2.11. The van der Waals surface area contributed by atoms with Crippen molar-refractivity contribution in [2.45, 2.75) is 6.92 Å². The number of nitrogens with two attached hydrogens (primary N) is 1. The monoisotopic (exact) mass is 305 g/mol. The summed E-state index contributed by atoms with van der Waals surface area (Å²) in [5.41, 5.74) is 8.27. The molecule has 5 heteroatoms. The number of nitrogen functional groups attached to an aromatic ring is 1. The third kappa shape index (κ3) is 2.68. The molecule has 92 valence electrons. The fraction of sp³-hybridized carbons (Fsp3) is 0.0769. The first-order valence-electron chi connectivity index (χ1n) is 5.35. The Hall–Kier alpha value is -1.88. The average molecular weight is 306 g/mol. The van der Waals surface area contributed by atoms with E-state index in [4.69, 9.17) is 5.73 Å². The van der Waals surface area contributed by atoms with Crippen LogP contribution in [0, 0.1) is 6.92 Å². The second-order valence-electron chi connectivity index (χ2n) is 3.90. The molecule has 0 aliphatic carbocycles. The Morgan fingerprint density at radius 2 is 2.17 bits per heavy atom. The van der Waals surface area contributed by atoms with E-state index in [1.807, 2.05) is 25.1 Å². The van der Waals surface area contributed by atoms with E-state index >= 15 is 0 Å². The van der Waals surface area contributed by atoms with E-state index in [9.17, 15) is 4.79 Å². The number of anilines is 2. The summed E-state index contributed by atoms with van der Waals surface area (Å²) in [7, 11) is 0. The summed E-state index contributed by atoms with van der Waals surface area (Å²) in [6.45, 7) is 1.96. The van der Waals surface area contributed by atoms with E-state index in [0.29, 0.717) is 11.3 Å². The summed E-state index contributed by atoms with van der Waals surface area (Å²) in [5, 5.41) is 2.81. The zero-order valence-corrected chi connectivity index (χ0v) is 11.4. The Bertz CT molecular complexity index is 599. The third-order valence-electron chi connectivity index (χ3n) is 2.47. The molecule has 4 nitrogen and oxygen atoms in total. The third-order valence-corrected chi connectivity index (χ3v) is 3.16. The van der Waals surface area contributed by atoms with Crippen LogP contribution < -0.4 is 11.1 Å². The van der Waals surface area contributed by atoms with E-state index in [0.717, 1.165) is 15.7 Å². The number of nitrogens with one attached hydrogen (secondary N) is 1. The Labute approximate surface area is 113 Å². The second kappa shape index (κ2) is 5.18. The van der Waals surface area contributed by atoms with Crippen molar-refractivity contribution in [3.05, 3.63) is 52.3 Å². The molecule has 2 rings (SSSR count). The van der Waals surface area contributed by atoms with Gasteiger partial charge in [-0.3, -0.25) is 9.78 Å². The Morgan fingerprint density at radius 3 is 2.89 bits per heavy atom. The minimum atomic E-state index is -0.249. The van der Waals surface area contributed by atoms with Crippen molar-refractivity contribution < 1.29 is 4.79 Å². The van der Waals surface area contributed by atoms with Crippen LogP contribution in [0.5, 0.6) is 0 Å². The molecule has 0 fully saturated rings. The van der Waals surface area contributed by atoms with Crippen molar-refractivity contribution in [1.29, 1.82) is 0 Å². The van der Waals surface area contributed by atoms with Crippen molar-refractivity contribution in [2.24, 2.45) is 0 Å². The minimum absolute atomic E-state index is 0.249. The van der Waals surface area contributed by atoms with Crippen LogP contribution in [0.25, 0.3) is 0 Å².